The molecule has 2 aromatic carbocycles. The molecule has 0 unspecified atom stereocenters. The lowest BCUT2D eigenvalue weighted by molar-refractivity contribution is 0.0754. The maximum atomic E-state index is 12.2. The zero-order valence-electron chi connectivity index (χ0n) is 20.8. The standard InChI is InChI=1S/2C14H18N2O2/c2*15-13(17)11-5-7-12(8-6-11)14(18)16-9-3-1-2-4-10-16/h2*5-8H,1-4,9-10H2,(H2,15,17). The van der Waals surface area contributed by atoms with Crippen LogP contribution in [-0.2, 0) is 0 Å². The van der Waals surface area contributed by atoms with E-state index in [1.54, 1.807) is 48.5 Å². The monoisotopic (exact) mass is 492 g/mol. The zero-order chi connectivity index (χ0) is 25.9. The van der Waals surface area contributed by atoms with Crippen LogP contribution in [0.5, 0.6) is 0 Å². The van der Waals surface area contributed by atoms with Crippen LogP contribution in [0.1, 0.15) is 92.8 Å². The Morgan fingerprint density at radius 2 is 0.694 bits per heavy atom. The van der Waals surface area contributed by atoms with Crippen molar-refractivity contribution < 1.29 is 19.2 Å². The second kappa shape index (κ2) is 13.4. The highest BCUT2D eigenvalue weighted by Crippen LogP contribution is 2.15. The molecule has 4 rings (SSSR count). The lowest BCUT2D eigenvalue weighted by Crippen LogP contribution is -2.31. The molecule has 0 spiro atoms. The lowest BCUT2D eigenvalue weighted by Gasteiger charge is -2.20. The maximum Gasteiger partial charge on any atom is 0.253 e. The van der Waals surface area contributed by atoms with Crippen LogP contribution < -0.4 is 11.5 Å². The van der Waals surface area contributed by atoms with Crippen LogP contribution in [0, 0.1) is 0 Å². The summed E-state index contributed by atoms with van der Waals surface area (Å²) in [7, 11) is 0. The van der Waals surface area contributed by atoms with E-state index in [9.17, 15) is 19.2 Å². The van der Waals surface area contributed by atoms with E-state index in [1.807, 2.05) is 9.80 Å². The molecule has 0 bridgehead atoms. The third-order valence-corrected chi connectivity index (χ3v) is 6.62. The third kappa shape index (κ3) is 7.66. The SMILES string of the molecule is NC(=O)c1ccc(C(=O)N2CCCCCC2)cc1.NC(=O)c1ccc(C(=O)N2CCCCCC2)cc1. The molecule has 2 saturated heterocycles. The van der Waals surface area contributed by atoms with E-state index in [2.05, 4.69) is 0 Å². The quantitative estimate of drug-likeness (QED) is 0.676. The van der Waals surface area contributed by atoms with Gasteiger partial charge in [-0.3, -0.25) is 19.2 Å². The first kappa shape index (κ1) is 26.9. The molecule has 0 saturated carbocycles. The predicted molar refractivity (Wildman–Crippen MR) is 139 cm³/mol. The average Bonchev–Trinajstić information content (AvgIpc) is 3.34. The molecule has 4 N–H and O–H groups in total. The van der Waals surface area contributed by atoms with Crippen molar-refractivity contribution in [3.63, 3.8) is 0 Å². The highest BCUT2D eigenvalue weighted by Gasteiger charge is 2.18. The Hall–Kier alpha value is -3.68. The number of rotatable bonds is 4. The molecule has 2 fully saturated rings. The van der Waals surface area contributed by atoms with Gasteiger partial charge in [0.25, 0.3) is 11.8 Å². The van der Waals surface area contributed by atoms with E-state index < -0.39 is 11.8 Å². The molecule has 36 heavy (non-hydrogen) atoms. The van der Waals surface area contributed by atoms with Crippen LogP contribution >= 0.6 is 0 Å². The van der Waals surface area contributed by atoms with Gasteiger partial charge in [0.1, 0.15) is 0 Å². The molecular formula is C28H36N4O4. The number of likely N-dealkylation sites (tertiary alicyclic amines) is 2. The molecule has 0 radical (unpaired) electrons. The summed E-state index contributed by atoms with van der Waals surface area (Å²) in [5, 5.41) is 0. The smallest absolute Gasteiger partial charge is 0.253 e. The highest BCUT2D eigenvalue weighted by atomic mass is 16.2. The average molecular weight is 493 g/mol. The second-order valence-electron chi connectivity index (χ2n) is 9.30. The van der Waals surface area contributed by atoms with Crippen LogP contribution in [-0.4, -0.2) is 59.6 Å². The Balaban J connectivity index is 0.000000201. The van der Waals surface area contributed by atoms with Gasteiger partial charge in [0.2, 0.25) is 11.8 Å². The van der Waals surface area contributed by atoms with Crippen molar-refractivity contribution in [1.82, 2.24) is 9.80 Å². The molecule has 2 aromatic rings. The van der Waals surface area contributed by atoms with Crippen LogP contribution in [0.25, 0.3) is 0 Å². The van der Waals surface area contributed by atoms with Gasteiger partial charge in [0.05, 0.1) is 0 Å². The van der Waals surface area contributed by atoms with E-state index >= 15 is 0 Å². The molecule has 4 amide bonds. The van der Waals surface area contributed by atoms with Gasteiger partial charge in [0, 0.05) is 48.4 Å². The zero-order valence-corrected chi connectivity index (χ0v) is 20.8. The first-order valence-electron chi connectivity index (χ1n) is 12.7. The predicted octanol–water partition coefficient (Wildman–Crippen LogP) is 3.60. The summed E-state index contributed by atoms with van der Waals surface area (Å²) in [6, 6.07) is 13.1. The summed E-state index contributed by atoms with van der Waals surface area (Å²) in [5.41, 5.74) is 12.5. The largest absolute Gasteiger partial charge is 0.366 e. The minimum atomic E-state index is -0.469. The number of nitrogens with two attached hydrogens (primary N) is 2. The number of amides is 4. The van der Waals surface area contributed by atoms with Crippen LogP contribution in [0.4, 0.5) is 0 Å². The fraction of sp³-hybridized carbons (Fsp3) is 0.429. The molecule has 2 heterocycles. The first-order chi connectivity index (χ1) is 17.4. The van der Waals surface area contributed by atoms with E-state index in [1.165, 1.54) is 25.7 Å². The first-order valence-corrected chi connectivity index (χ1v) is 12.7. The number of primary amides is 2. The van der Waals surface area contributed by atoms with Gasteiger partial charge in [-0.25, -0.2) is 0 Å². The molecule has 2 aliphatic heterocycles. The highest BCUT2D eigenvalue weighted by molar-refractivity contribution is 5.98. The van der Waals surface area contributed by atoms with E-state index in [-0.39, 0.29) is 11.8 Å². The topological polar surface area (TPSA) is 127 Å². The molecule has 2 aliphatic rings. The van der Waals surface area contributed by atoms with Crippen molar-refractivity contribution in [2.45, 2.75) is 51.4 Å². The number of carbonyl (C=O) groups excluding carboxylic acids is 4. The number of carbonyl (C=O) groups is 4. The van der Waals surface area contributed by atoms with Gasteiger partial charge in [-0.15, -0.1) is 0 Å². The Labute approximate surface area is 212 Å². The Morgan fingerprint density at radius 3 is 0.944 bits per heavy atom. The number of benzene rings is 2. The molecule has 0 aliphatic carbocycles. The summed E-state index contributed by atoms with van der Waals surface area (Å²) in [6.07, 6.45) is 9.09. The summed E-state index contributed by atoms with van der Waals surface area (Å²) in [6.45, 7) is 3.32. The summed E-state index contributed by atoms with van der Waals surface area (Å²) < 4.78 is 0. The van der Waals surface area contributed by atoms with Crippen LogP contribution in [0.15, 0.2) is 48.5 Å². The van der Waals surface area contributed by atoms with E-state index in [0.29, 0.717) is 22.3 Å². The van der Waals surface area contributed by atoms with Gasteiger partial charge in [-0.05, 0) is 74.2 Å². The van der Waals surface area contributed by atoms with Crippen molar-refractivity contribution in [2.24, 2.45) is 11.5 Å². The molecule has 8 heteroatoms. The van der Waals surface area contributed by atoms with Crippen molar-refractivity contribution in [3.05, 3.63) is 70.8 Å². The fourth-order valence-corrected chi connectivity index (χ4v) is 4.47. The van der Waals surface area contributed by atoms with E-state index in [4.69, 9.17) is 11.5 Å². The van der Waals surface area contributed by atoms with E-state index in [0.717, 1.165) is 51.9 Å². The van der Waals surface area contributed by atoms with Crippen molar-refractivity contribution in [3.8, 4) is 0 Å². The Kier molecular flexibility index (Phi) is 10.0. The molecule has 8 nitrogen and oxygen atoms in total. The molecule has 192 valence electrons. The van der Waals surface area contributed by atoms with Crippen LogP contribution in [0.2, 0.25) is 0 Å². The maximum absolute atomic E-state index is 12.2. The van der Waals surface area contributed by atoms with Crippen LogP contribution in [0.3, 0.4) is 0 Å². The summed E-state index contributed by atoms with van der Waals surface area (Å²) in [5.74, 6) is -0.839. The molecule has 0 atom stereocenters. The normalized spacial score (nSPS) is 16.1. The van der Waals surface area contributed by atoms with Crippen molar-refractivity contribution >= 4 is 23.6 Å². The fourth-order valence-electron chi connectivity index (χ4n) is 4.47. The van der Waals surface area contributed by atoms with Gasteiger partial charge in [-0.1, -0.05) is 25.7 Å². The Morgan fingerprint density at radius 1 is 0.444 bits per heavy atom. The number of nitrogens with zero attached hydrogens (tertiary/aromatic N) is 2. The molecular weight excluding hydrogens is 456 g/mol. The molecule has 0 aromatic heterocycles. The Bertz CT molecular complexity index is 949. The summed E-state index contributed by atoms with van der Waals surface area (Å²) >= 11 is 0. The third-order valence-electron chi connectivity index (χ3n) is 6.62. The number of hydrogen-bond donors (Lipinski definition) is 2. The van der Waals surface area contributed by atoms with Crippen molar-refractivity contribution in [2.75, 3.05) is 26.2 Å². The second-order valence-corrected chi connectivity index (χ2v) is 9.30. The number of hydrogen-bond acceptors (Lipinski definition) is 4. The van der Waals surface area contributed by atoms with Gasteiger partial charge in [-0.2, -0.15) is 0 Å². The minimum absolute atomic E-state index is 0.0490. The minimum Gasteiger partial charge on any atom is -0.366 e. The lowest BCUT2D eigenvalue weighted by atomic mass is 10.1. The van der Waals surface area contributed by atoms with Crippen molar-refractivity contribution in [1.29, 1.82) is 0 Å². The van der Waals surface area contributed by atoms with Gasteiger partial charge in [0.15, 0.2) is 0 Å². The van der Waals surface area contributed by atoms with Gasteiger partial charge < -0.3 is 21.3 Å². The summed E-state index contributed by atoms with van der Waals surface area (Å²) in [4.78, 5) is 50.2. The van der Waals surface area contributed by atoms with Gasteiger partial charge >= 0.3 is 0 Å².